The van der Waals surface area contributed by atoms with E-state index in [2.05, 4.69) is 11.7 Å². The highest BCUT2D eigenvalue weighted by atomic mass is 16.1. The predicted octanol–water partition coefficient (Wildman–Crippen LogP) is 2.63. The zero-order chi connectivity index (χ0) is 11.4. The molecule has 1 aromatic carbocycles. The summed E-state index contributed by atoms with van der Waals surface area (Å²) >= 11 is 0. The Morgan fingerprint density at radius 1 is 1.31 bits per heavy atom. The van der Waals surface area contributed by atoms with E-state index in [0.717, 1.165) is 5.69 Å². The van der Waals surface area contributed by atoms with Gasteiger partial charge in [0.1, 0.15) is 5.69 Å². The summed E-state index contributed by atoms with van der Waals surface area (Å²) in [6.07, 6.45) is 3.56. The molecule has 1 heterocycles. The molecule has 0 fully saturated rings. The average Bonchev–Trinajstić information content (AvgIpc) is 2.79. The van der Waals surface area contributed by atoms with E-state index < -0.39 is 0 Å². The third-order valence-electron chi connectivity index (χ3n) is 2.26. The summed E-state index contributed by atoms with van der Waals surface area (Å²) in [4.78, 5) is 11.8. The van der Waals surface area contributed by atoms with Gasteiger partial charge >= 0.3 is 0 Å². The van der Waals surface area contributed by atoms with E-state index in [0.29, 0.717) is 12.1 Å². The molecule has 2 aromatic rings. The topological polar surface area (TPSA) is 34.9 Å². The van der Waals surface area contributed by atoms with Crippen LogP contribution >= 0.6 is 0 Å². The first kappa shape index (κ1) is 10.4. The third kappa shape index (κ3) is 1.93. The molecule has 80 valence electrons. The molecule has 3 nitrogen and oxygen atoms in total. The highest BCUT2D eigenvalue weighted by molar-refractivity contribution is 5.95. The van der Waals surface area contributed by atoms with Crippen molar-refractivity contribution in [2.45, 2.75) is 6.42 Å². The number of carbonyl (C=O) groups is 1. The van der Waals surface area contributed by atoms with Crippen molar-refractivity contribution in [1.82, 2.24) is 9.78 Å². The van der Waals surface area contributed by atoms with Crippen molar-refractivity contribution in [3.8, 4) is 5.69 Å². The van der Waals surface area contributed by atoms with Gasteiger partial charge in [-0.25, -0.2) is 4.68 Å². The lowest BCUT2D eigenvalue weighted by molar-refractivity contribution is 0.0988. The van der Waals surface area contributed by atoms with Crippen molar-refractivity contribution in [1.29, 1.82) is 0 Å². The first-order valence-electron chi connectivity index (χ1n) is 5.06. The normalized spacial score (nSPS) is 10.0. The molecule has 0 bridgehead atoms. The minimum Gasteiger partial charge on any atom is -0.292 e. The van der Waals surface area contributed by atoms with Gasteiger partial charge in [-0.1, -0.05) is 24.3 Å². The Morgan fingerprint density at radius 3 is 2.75 bits per heavy atom. The Bertz CT molecular complexity index is 500. The van der Waals surface area contributed by atoms with E-state index in [-0.39, 0.29) is 5.78 Å². The molecular weight excluding hydrogens is 200 g/mol. The van der Waals surface area contributed by atoms with E-state index in [1.807, 2.05) is 30.3 Å². The molecule has 1 aromatic heterocycles. The molecule has 0 unspecified atom stereocenters. The van der Waals surface area contributed by atoms with Gasteiger partial charge in [-0.15, -0.1) is 6.58 Å². The van der Waals surface area contributed by atoms with Crippen LogP contribution in [0, 0.1) is 0 Å². The van der Waals surface area contributed by atoms with Crippen LogP contribution in [0.15, 0.2) is 55.3 Å². The standard InChI is InChI=1S/C13H12N2O/c1-2-6-13(16)12-9-10-14-15(12)11-7-4-3-5-8-11/h2-5,7-10H,1,6H2. The summed E-state index contributed by atoms with van der Waals surface area (Å²) in [5, 5.41) is 4.15. The van der Waals surface area contributed by atoms with Crippen molar-refractivity contribution in [3.05, 3.63) is 60.9 Å². The number of hydrogen-bond acceptors (Lipinski definition) is 2. The number of carbonyl (C=O) groups excluding carboxylic acids is 1. The summed E-state index contributed by atoms with van der Waals surface area (Å²) in [6, 6.07) is 11.3. The maximum Gasteiger partial charge on any atom is 0.185 e. The van der Waals surface area contributed by atoms with Crippen LogP contribution in [0.4, 0.5) is 0 Å². The SMILES string of the molecule is C=CCC(=O)c1ccnn1-c1ccccc1. The van der Waals surface area contributed by atoms with Crippen LogP contribution in [0.2, 0.25) is 0 Å². The van der Waals surface area contributed by atoms with Crippen molar-refractivity contribution in [2.24, 2.45) is 0 Å². The Kier molecular flexibility index (Phi) is 2.96. The Morgan fingerprint density at radius 2 is 2.06 bits per heavy atom. The smallest absolute Gasteiger partial charge is 0.185 e. The van der Waals surface area contributed by atoms with Crippen molar-refractivity contribution in [2.75, 3.05) is 0 Å². The Hall–Kier alpha value is -2.16. The fourth-order valence-corrected chi connectivity index (χ4v) is 1.53. The van der Waals surface area contributed by atoms with Gasteiger partial charge in [0.05, 0.1) is 11.9 Å². The van der Waals surface area contributed by atoms with Gasteiger partial charge < -0.3 is 0 Å². The number of nitrogens with zero attached hydrogens (tertiary/aromatic N) is 2. The lowest BCUT2D eigenvalue weighted by Gasteiger charge is -2.05. The van der Waals surface area contributed by atoms with E-state index in [1.54, 1.807) is 23.0 Å². The Labute approximate surface area is 94.0 Å². The number of hydrogen-bond donors (Lipinski definition) is 0. The number of ketones is 1. The first-order chi connectivity index (χ1) is 7.83. The minimum absolute atomic E-state index is 0.0244. The molecule has 0 saturated carbocycles. The molecule has 3 heteroatoms. The van der Waals surface area contributed by atoms with Gasteiger partial charge in [0.2, 0.25) is 0 Å². The van der Waals surface area contributed by atoms with Gasteiger partial charge in [-0.3, -0.25) is 4.79 Å². The van der Waals surface area contributed by atoms with Gasteiger partial charge in [-0.2, -0.15) is 5.10 Å². The van der Waals surface area contributed by atoms with Crippen LogP contribution in [0.3, 0.4) is 0 Å². The summed E-state index contributed by atoms with van der Waals surface area (Å²) in [6.45, 7) is 3.56. The second-order valence-corrected chi connectivity index (χ2v) is 3.38. The molecule has 2 rings (SSSR count). The third-order valence-corrected chi connectivity index (χ3v) is 2.26. The molecule has 0 aliphatic heterocycles. The van der Waals surface area contributed by atoms with Gasteiger partial charge in [0.25, 0.3) is 0 Å². The number of benzene rings is 1. The molecule has 0 aliphatic carbocycles. The lowest BCUT2D eigenvalue weighted by Crippen LogP contribution is -2.07. The van der Waals surface area contributed by atoms with Crippen LogP contribution in [-0.4, -0.2) is 15.6 Å². The lowest BCUT2D eigenvalue weighted by atomic mass is 10.2. The van der Waals surface area contributed by atoms with Crippen LogP contribution < -0.4 is 0 Å². The van der Waals surface area contributed by atoms with Crippen LogP contribution in [0.5, 0.6) is 0 Å². The van der Waals surface area contributed by atoms with E-state index in [4.69, 9.17) is 0 Å². The van der Waals surface area contributed by atoms with E-state index in [9.17, 15) is 4.79 Å². The maximum atomic E-state index is 11.8. The maximum absolute atomic E-state index is 11.8. The second kappa shape index (κ2) is 4.57. The molecule has 0 saturated heterocycles. The summed E-state index contributed by atoms with van der Waals surface area (Å²) < 4.78 is 1.64. The van der Waals surface area contributed by atoms with Gasteiger partial charge in [0, 0.05) is 6.42 Å². The summed E-state index contributed by atoms with van der Waals surface area (Å²) in [7, 11) is 0. The highest BCUT2D eigenvalue weighted by Gasteiger charge is 2.11. The predicted molar refractivity (Wildman–Crippen MR) is 62.7 cm³/mol. The van der Waals surface area contributed by atoms with Crippen LogP contribution in [-0.2, 0) is 0 Å². The molecule has 0 amide bonds. The molecule has 0 atom stereocenters. The first-order valence-corrected chi connectivity index (χ1v) is 5.06. The minimum atomic E-state index is 0.0244. The zero-order valence-corrected chi connectivity index (χ0v) is 8.84. The molecule has 16 heavy (non-hydrogen) atoms. The zero-order valence-electron chi connectivity index (χ0n) is 8.84. The summed E-state index contributed by atoms with van der Waals surface area (Å²) in [5.74, 6) is 0.0244. The summed E-state index contributed by atoms with van der Waals surface area (Å²) in [5.41, 5.74) is 1.48. The van der Waals surface area contributed by atoms with Gasteiger partial charge in [0.15, 0.2) is 5.78 Å². The monoisotopic (exact) mass is 212 g/mol. The number of aromatic nitrogens is 2. The number of Topliss-reactive ketones (excluding diaryl/α,β-unsaturated/α-hetero) is 1. The van der Waals surface area contributed by atoms with E-state index >= 15 is 0 Å². The Balaban J connectivity index is 2.40. The average molecular weight is 212 g/mol. The quantitative estimate of drug-likeness (QED) is 0.576. The second-order valence-electron chi connectivity index (χ2n) is 3.38. The highest BCUT2D eigenvalue weighted by Crippen LogP contribution is 2.11. The molecule has 0 aliphatic rings. The number of rotatable bonds is 4. The fourth-order valence-electron chi connectivity index (χ4n) is 1.53. The van der Waals surface area contributed by atoms with Gasteiger partial charge in [-0.05, 0) is 18.2 Å². The number of allylic oxidation sites excluding steroid dienone is 1. The van der Waals surface area contributed by atoms with Crippen molar-refractivity contribution in [3.63, 3.8) is 0 Å². The largest absolute Gasteiger partial charge is 0.292 e. The number of para-hydroxylation sites is 1. The molecular formula is C13H12N2O. The molecule has 0 N–H and O–H groups in total. The van der Waals surface area contributed by atoms with Crippen LogP contribution in [0.1, 0.15) is 16.9 Å². The molecule has 0 radical (unpaired) electrons. The molecule has 0 spiro atoms. The fraction of sp³-hybridized carbons (Fsp3) is 0.0769. The van der Waals surface area contributed by atoms with E-state index in [1.165, 1.54) is 0 Å². The van der Waals surface area contributed by atoms with Crippen LogP contribution in [0.25, 0.3) is 5.69 Å². The van der Waals surface area contributed by atoms with Crippen molar-refractivity contribution >= 4 is 5.78 Å². The van der Waals surface area contributed by atoms with Crippen molar-refractivity contribution < 1.29 is 4.79 Å².